The molecule has 0 aliphatic rings. The third-order valence-electron chi connectivity index (χ3n) is 2.74. The van der Waals surface area contributed by atoms with E-state index in [1.54, 1.807) is 12.1 Å². The zero-order chi connectivity index (χ0) is 14.7. The van der Waals surface area contributed by atoms with E-state index < -0.39 is 21.2 Å². The lowest BCUT2D eigenvalue weighted by Crippen LogP contribution is -2.28. The summed E-state index contributed by atoms with van der Waals surface area (Å²) >= 11 is 0. The Labute approximate surface area is 111 Å². The third-order valence-corrected chi connectivity index (χ3v) is 4.15. The van der Waals surface area contributed by atoms with Gasteiger partial charge in [-0.25, -0.2) is 8.42 Å². The average Bonchev–Trinajstić information content (AvgIpc) is 2.36. The van der Waals surface area contributed by atoms with E-state index in [4.69, 9.17) is 10.4 Å². The maximum Gasteiger partial charge on any atom is 0.313 e. The Hall–Kier alpha value is -2.13. The molecule has 1 rings (SSSR count). The molecule has 0 fully saturated rings. The molecule has 0 unspecified atom stereocenters. The summed E-state index contributed by atoms with van der Waals surface area (Å²) in [5.41, 5.74) is -0.809. The topological polar surface area (TPSA) is 95.2 Å². The molecule has 0 amide bonds. The van der Waals surface area contributed by atoms with E-state index in [-0.39, 0.29) is 4.90 Å². The second-order valence-corrected chi connectivity index (χ2v) is 6.27. The lowest BCUT2D eigenvalue weighted by Gasteiger charge is -2.20. The second-order valence-electron chi connectivity index (χ2n) is 4.43. The molecule has 19 heavy (non-hydrogen) atoms. The summed E-state index contributed by atoms with van der Waals surface area (Å²) < 4.78 is 23.7. The predicted octanol–water partition coefficient (Wildman–Crippen LogP) is 1.86. The zero-order valence-electron chi connectivity index (χ0n) is 10.5. The highest BCUT2D eigenvalue weighted by atomic mass is 32.2. The summed E-state index contributed by atoms with van der Waals surface area (Å²) in [4.78, 5) is 11.1. The van der Waals surface area contributed by atoms with Gasteiger partial charge >= 0.3 is 5.97 Å². The van der Waals surface area contributed by atoms with E-state index in [1.165, 1.54) is 32.0 Å². The van der Waals surface area contributed by atoms with Crippen LogP contribution in [0.4, 0.5) is 0 Å². The molecule has 0 aliphatic carbocycles. The molecular formula is C13H13NO4S. The molecular weight excluding hydrogens is 266 g/mol. The minimum atomic E-state index is -3.73. The van der Waals surface area contributed by atoms with Gasteiger partial charge in [0.15, 0.2) is 0 Å². The van der Waals surface area contributed by atoms with Crippen LogP contribution < -0.4 is 0 Å². The first kappa shape index (κ1) is 14.9. The summed E-state index contributed by atoms with van der Waals surface area (Å²) in [5, 5.41) is 18.3. The fraction of sp³-hybridized carbons (Fsp3) is 0.231. The first-order chi connectivity index (χ1) is 8.71. The molecule has 0 atom stereocenters. The van der Waals surface area contributed by atoms with Crippen LogP contribution in [0.15, 0.2) is 40.6 Å². The van der Waals surface area contributed by atoms with E-state index in [1.807, 2.05) is 0 Å². The number of benzene rings is 1. The van der Waals surface area contributed by atoms with Crippen LogP contribution in [0.2, 0.25) is 0 Å². The van der Waals surface area contributed by atoms with Crippen LogP contribution in [0.25, 0.3) is 0 Å². The number of nitrogens with zero attached hydrogens (tertiary/aromatic N) is 1. The van der Waals surface area contributed by atoms with E-state index in [0.717, 1.165) is 11.5 Å². The number of allylic oxidation sites excluding steroid dienone is 1. The largest absolute Gasteiger partial charge is 0.481 e. The molecule has 1 aromatic carbocycles. The first-order valence-corrected chi connectivity index (χ1v) is 6.91. The average molecular weight is 279 g/mol. The van der Waals surface area contributed by atoms with Crippen molar-refractivity contribution >= 4 is 15.8 Å². The Kier molecular flexibility index (Phi) is 4.12. The van der Waals surface area contributed by atoms with Gasteiger partial charge < -0.3 is 5.11 Å². The molecule has 0 aliphatic heterocycles. The van der Waals surface area contributed by atoms with Crippen molar-refractivity contribution in [3.05, 3.63) is 41.3 Å². The molecule has 0 radical (unpaired) electrons. The van der Waals surface area contributed by atoms with Gasteiger partial charge in [-0.1, -0.05) is 12.1 Å². The highest BCUT2D eigenvalue weighted by Gasteiger charge is 2.30. The van der Waals surface area contributed by atoms with Crippen molar-refractivity contribution in [1.29, 1.82) is 5.26 Å². The van der Waals surface area contributed by atoms with Crippen LogP contribution in [0.1, 0.15) is 19.4 Å². The van der Waals surface area contributed by atoms with Crippen LogP contribution >= 0.6 is 0 Å². The molecule has 0 spiro atoms. The molecule has 0 aromatic heterocycles. The number of carbonyl (C=O) groups is 1. The lowest BCUT2D eigenvalue weighted by atomic mass is 9.85. The van der Waals surface area contributed by atoms with Crippen LogP contribution in [0, 0.1) is 11.3 Å². The number of hydrogen-bond acceptors (Lipinski definition) is 4. The molecule has 0 saturated heterocycles. The van der Waals surface area contributed by atoms with E-state index in [0.29, 0.717) is 5.56 Å². The Bertz CT molecular complexity index is 666. The summed E-state index contributed by atoms with van der Waals surface area (Å²) in [5.74, 6) is -1.05. The van der Waals surface area contributed by atoms with Crippen molar-refractivity contribution in [3.8, 4) is 6.07 Å². The van der Waals surface area contributed by atoms with Crippen molar-refractivity contribution in [2.45, 2.75) is 24.2 Å². The van der Waals surface area contributed by atoms with Gasteiger partial charge in [0.05, 0.1) is 16.4 Å². The monoisotopic (exact) mass is 279 g/mol. The van der Waals surface area contributed by atoms with Crippen molar-refractivity contribution in [1.82, 2.24) is 0 Å². The number of carboxylic acids is 1. The molecule has 5 nitrogen and oxygen atoms in total. The van der Waals surface area contributed by atoms with Crippen molar-refractivity contribution in [2.75, 3.05) is 0 Å². The number of carboxylic acid groups (broad SMARTS) is 1. The number of sulfone groups is 1. The Morgan fingerprint density at radius 1 is 1.42 bits per heavy atom. The fourth-order valence-electron chi connectivity index (χ4n) is 1.38. The van der Waals surface area contributed by atoms with Crippen LogP contribution in [0.3, 0.4) is 0 Å². The van der Waals surface area contributed by atoms with Crippen molar-refractivity contribution in [2.24, 2.45) is 0 Å². The van der Waals surface area contributed by atoms with Gasteiger partial charge in [0.2, 0.25) is 9.84 Å². The SMILES string of the molecule is CC(C)(C(=O)O)c1cccc(S(=O)(=O)/C=C/C#N)c1. The van der Waals surface area contributed by atoms with Gasteiger partial charge in [-0.3, -0.25) is 4.79 Å². The number of nitriles is 1. The van der Waals surface area contributed by atoms with Crippen LogP contribution in [0.5, 0.6) is 0 Å². The van der Waals surface area contributed by atoms with Gasteiger partial charge in [-0.2, -0.15) is 5.26 Å². The molecule has 1 N–H and O–H groups in total. The highest BCUT2D eigenvalue weighted by Crippen LogP contribution is 2.26. The van der Waals surface area contributed by atoms with E-state index >= 15 is 0 Å². The van der Waals surface area contributed by atoms with Crippen molar-refractivity contribution in [3.63, 3.8) is 0 Å². The Balaban J connectivity index is 3.34. The van der Waals surface area contributed by atoms with Crippen LogP contribution in [-0.2, 0) is 20.0 Å². The maximum absolute atomic E-state index is 11.9. The lowest BCUT2D eigenvalue weighted by molar-refractivity contribution is -0.142. The summed E-state index contributed by atoms with van der Waals surface area (Å²) in [6.45, 7) is 2.98. The standard InChI is InChI=1S/C13H13NO4S/c1-13(2,12(15)16)10-5-3-6-11(9-10)19(17,18)8-4-7-14/h3-6,8-9H,1-2H3,(H,15,16)/b8-4+. The molecule has 1 aromatic rings. The summed E-state index contributed by atoms with van der Waals surface area (Å²) in [6.07, 6.45) is 0.865. The zero-order valence-corrected chi connectivity index (χ0v) is 11.3. The maximum atomic E-state index is 11.9. The van der Waals surface area contributed by atoms with Gasteiger partial charge in [0.25, 0.3) is 0 Å². The van der Waals surface area contributed by atoms with Gasteiger partial charge in [0, 0.05) is 11.5 Å². The number of hydrogen-bond donors (Lipinski definition) is 1. The van der Waals surface area contributed by atoms with E-state index in [2.05, 4.69) is 0 Å². The number of rotatable bonds is 4. The Morgan fingerprint density at radius 3 is 2.58 bits per heavy atom. The minimum Gasteiger partial charge on any atom is -0.481 e. The van der Waals surface area contributed by atoms with E-state index in [9.17, 15) is 13.2 Å². The molecule has 0 saturated carbocycles. The quantitative estimate of drug-likeness (QED) is 0.849. The molecule has 100 valence electrons. The summed E-state index contributed by atoms with van der Waals surface area (Å²) in [7, 11) is -3.73. The molecule has 0 bridgehead atoms. The normalized spacial score (nSPS) is 12.3. The van der Waals surface area contributed by atoms with Gasteiger partial charge in [-0.05, 0) is 31.5 Å². The third kappa shape index (κ3) is 3.20. The van der Waals surface area contributed by atoms with Gasteiger partial charge in [-0.15, -0.1) is 0 Å². The summed E-state index contributed by atoms with van der Waals surface area (Å²) in [6, 6.07) is 7.31. The second kappa shape index (κ2) is 5.24. The Morgan fingerprint density at radius 2 is 2.05 bits per heavy atom. The first-order valence-electron chi connectivity index (χ1n) is 5.37. The molecule has 0 heterocycles. The highest BCUT2D eigenvalue weighted by molar-refractivity contribution is 7.94. The predicted molar refractivity (Wildman–Crippen MR) is 69.0 cm³/mol. The van der Waals surface area contributed by atoms with Gasteiger partial charge in [0.1, 0.15) is 0 Å². The van der Waals surface area contributed by atoms with Crippen LogP contribution in [-0.4, -0.2) is 19.5 Å². The smallest absolute Gasteiger partial charge is 0.313 e. The minimum absolute atomic E-state index is 0.0363. The van der Waals surface area contributed by atoms with Crippen molar-refractivity contribution < 1.29 is 18.3 Å². The number of aliphatic carboxylic acids is 1. The molecule has 6 heteroatoms. The fourth-order valence-corrected chi connectivity index (χ4v) is 2.34.